The van der Waals surface area contributed by atoms with Crippen LogP contribution >= 0.6 is 0 Å². The fraction of sp³-hybridized carbons (Fsp3) is 0.375. The molecule has 0 aromatic carbocycles. The molecule has 3 rings (SSSR count). The summed E-state index contributed by atoms with van der Waals surface area (Å²) in [6.45, 7) is 8.96. The van der Waals surface area contributed by atoms with Crippen LogP contribution in [0.3, 0.4) is 0 Å². The minimum absolute atomic E-state index is 0.843. The average molecular weight is 270 g/mol. The van der Waals surface area contributed by atoms with Gasteiger partial charge in [-0.2, -0.15) is 5.10 Å². The van der Waals surface area contributed by atoms with Gasteiger partial charge in [-0.3, -0.25) is 5.10 Å². The summed E-state index contributed by atoms with van der Waals surface area (Å²) in [5.74, 6) is 0.980. The maximum Gasteiger partial charge on any atom is 0.133 e. The van der Waals surface area contributed by atoms with Crippen molar-refractivity contribution < 1.29 is 0 Å². The lowest BCUT2D eigenvalue weighted by atomic mass is 9.95. The van der Waals surface area contributed by atoms with E-state index in [-0.39, 0.29) is 0 Å². The number of anilines is 1. The molecule has 0 unspecified atom stereocenters. The molecule has 2 N–H and O–H groups in total. The van der Waals surface area contributed by atoms with Crippen LogP contribution in [0.25, 0.3) is 5.57 Å². The van der Waals surface area contributed by atoms with Gasteiger partial charge >= 0.3 is 0 Å². The van der Waals surface area contributed by atoms with Crippen LogP contribution in [0.5, 0.6) is 0 Å². The van der Waals surface area contributed by atoms with Crippen molar-refractivity contribution in [2.75, 3.05) is 11.9 Å². The lowest BCUT2D eigenvalue weighted by Gasteiger charge is -2.18. The molecule has 1 aliphatic heterocycles. The van der Waals surface area contributed by atoms with Crippen molar-refractivity contribution in [3.63, 3.8) is 0 Å². The Morgan fingerprint density at radius 1 is 1.25 bits per heavy atom. The second-order valence-electron chi connectivity index (χ2n) is 4.60. The van der Waals surface area contributed by atoms with Crippen molar-refractivity contribution in [1.29, 1.82) is 0 Å². The minimum atomic E-state index is 0.843. The molecule has 106 valence electrons. The molecule has 20 heavy (non-hydrogen) atoms. The van der Waals surface area contributed by atoms with E-state index in [0.717, 1.165) is 30.2 Å². The van der Waals surface area contributed by atoms with Gasteiger partial charge in [-0.05, 0) is 31.6 Å². The lowest BCUT2D eigenvalue weighted by Crippen LogP contribution is -2.11. The first-order valence-electron chi connectivity index (χ1n) is 7.14. The molecule has 0 atom stereocenters. The molecule has 0 amide bonds. The Morgan fingerprint density at radius 3 is 2.75 bits per heavy atom. The predicted molar refractivity (Wildman–Crippen MR) is 83.8 cm³/mol. The largest absolute Gasteiger partial charge is 0.366 e. The number of allylic oxidation sites excluding steroid dienone is 1. The lowest BCUT2D eigenvalue weighted by molar-refractivity contribution is 1.02. The van der Waals surface area contributed by atoms with E-state index in [2.05, 4.69) is 39.6 Å². The normalized spacial score (nSPS) is 12.7. The van der Waals surface area contributed by atoms with E-state index in [4.69, 9.17) is 0 Å². The summed E-state index contributed by atoms with van der Waals surface area (Å²) >= 11 is 0. The Labute approximate surface area is 120 Å². The highest BCUT2D eigenvalue weighted by Crippen LogP contribution is 2.29. The average Bonchev–Trinajstić information content (AvgIpc) is 2.82. The molecule has 3 heterocycles. The quantitative estimate of drug-likeness (QED) is 0.878. The number of H-pyrrole nitrogens is 1. The fourth-order valence-corrected chi connectivity index (χ4v) is 2.38. The highest BCUT2D eigenvalue weighted by molar-refractivity contribution is 5.78. The second-order valence-corrected chi connectivity index (χ2v) is 4.60. The van der Waals surface area contributed by atoms with Crippen LogP contribution in [0, 0.1) is 13.8 Å². The Balaban J connectivity index is 0.000000704. The van der Waals surface area contributed by atoms with Gasteiger partial charge in [-0.15, -0.1) is 0 Å². The van der Waals surface area contributed by atoms with E-state index in [1.54, 1.807) is 0 Å². The first kappa shape index (κ1) is 14.3. The monoisotopic (exact) mass is 270 g/mol. The smallest absolute Gasteiger partial charge is 0.133 e. The highest BCUT2D eigenvalue weighted by Gasteiger charge is 2.15. The van der Waals surface area contributed by atoms with Gasteiger partial charge in [0.2, 0.25) is 0 Å². The molecule has 0 spiro atoms. The first-order chi connectivity index (χ1) is 9.75. The maximum absolute atomic E-state index is 4.37. The molecule has 2 aromatic heterocycles. The van der Waals surface area contributed by atoms with Crippen LogP contribution in [-0.4, -0.2) is 21.7 Å². The van der Waals surface area contributed by atoms with Crippen LogP contribution in [0.15, 0.2) is 24.4 Å². The van der Waals surface area contributed by atoms with Gasteiger partial charge in [0.1, 0.15) is 5.82 Å². The zero-order valence-electron chi connectivity index (χ0n) is 12.6. The van der Waals surface area contributed by atoms with Crippen LogP contribution < -0.4 is 5.32 Å². The second kappa shape index (κ2) is 6.37. The number of aromatic nitrogens is 3. The number of nitrogens with zero attached hydrogens (tertiary/aromatic N) is 2. The molecule has 0 bridgehead atoms. The van der Waals surface area contributed by atoms with E-state index >= 15 is 0 Å². The molecule has 0 aliphatic carbocycles. The van der Waals surface area contributed by atoms with Crippen molar-refractivity contribution in [3.8, 4) is 0 Å². The molecule has 0 saturated carbocycles. The molecule has 0 saturated heterocycles. The van der Waals surface area contributed by atoms with Crippen LogP contribution in [0.1, 0.15) is 36.4 Å². The maximum atomic E-state index is 4.37. The number of fused-ring (bicyclic) bond motifs is 1. The Hall–Kier alpha value is -2.10. The zero-order valence-corrected chi connectivity index (χ0v) is 12.6. The number of nitrogens with one attached hydrogen (secondary N) is 2. The van der Waals surface area contributed by atoms with E-state index in [0.29, 0.717) is 0 Å². The van der Waals surface area contributed by atoms with E-state index < -0.39 is 0 Å². The molecule has 1 aliphatic rings. The molecular weight excluding hydrogens is 248 g/mol. The minimum Gasteiger partial charge on any atom is -0.366 e. The van der Waals surface area contributed by atoms with Gasteiger partial charge in [-0.25, -0.2) is 4.98 Å². The SMILES string of the molecule is CC.Cc1n[nH]c(C)c1CC1=CCNc2ncccc21. The van der Waals surface area contributed by atoms with Gasteiger partial charge in [0, 0.05) is 36.0 Å². The van der Waals surface area contributed by atoms with Crippen LogP contribution in [0.2, 0.25) is 0 Å². The number of rotatable bonds is 2. The molecule has 4 heteroatoms. The van der Waals surface area contributed by atoms with Crippen molar-refractivity contribution in [3.05, 3.63) is 46.9 Å². The summed E-state index contributed by atoms with van der Waals surface area (Å²) in [4.78, 5) is 4.37. The molecule has 0 fully saturated rings. The molecule has 2 aromatic rings. The standard InChI is InChI=1S/C14H16N4.C2H6/c1-9-13(10(2)18-17-9)8-11-5-7-16-14-12(11)4-3-6-15-14;1-2/h3-6H,7-8H2,1-2H3,(H,15,16)(H,17,18);1-2H3. The number of aromatic amines is 1. The van der Waals surface area contributed by atoms with Crippen molar-refractivity contribution >= 4 is 11.4 Å². The molecule has 0 radical (unpaired) electrons. The predicted octanol–water partition coefficient (Wildman–Crippen LogP) is 3.50. The van der Waals surface area contributed by atoms with Crippen molar-refractivity contribution in [1.82, 2.24) is 15.2 Å². The van der Waals surface area contributed by atoms with Gasteiger partial charge in [0.05, 0.1) is 5.69 Å². The van der Waals surface area contributed by atoms with Crippen molar-refractivity contribution in [2.45, 2.75) is 34.1 Å². The first-order valence-corrected chi connectivity index (χ1v) is 7.14. The summed E-state index contributed by atoms with van der Waals surface area (Å²) in [6.07, 6.45) is 4.97. The Kier molecular flexibility index (Phi) is 4.56. The van der Waals surface area contributed by atoms with Crippen LogP contribution in [0.4, 0.5) is 5.82 Å². The summed E-state index contributed by atoms with van der Waals surface area (Å²) in [6, 6.07) is 4.10. The summed E-state index contributed by atoms with van der Waals surface area (Å²) in [5, 5.41) is 10.6. The summed E-state index contributed by atoms with van der Waals surface area (Å²) in [5.41, 5.74) is 6.04. The number of hydrogen-bond donors (Lipinski definition) is 2. The Bertz CT molecular complexity index is 591. The molecular formula is C16H22N4. The van der Waals surface area contributed by atoms with E-state index in [1.165, 1.54) is 16.7 Å². The highest BCUT2D eigenvalue weighted by atomic mass is 15.1. The number of hydrogen-bond acceptors (Lipinski definition) is 3. The number of aryl methyl sites for hydroxylation is 2. The van der Waals surface area contributed by atoms with Gasteiger partial charge < -0.3 is 5.32 Å². The van der Waals surface area contributed by atoms with Gasteiger partial charge in [-0.1, -0.05) is 19.9 Å². The van der Waals surface area contributed by atoms with E-state index in [1.807, 2.05) is 33.0 Å². The third-order valence-corrected chi connectivity index (χ3v) is 3.42. The van der Waals surface area contributed by atoms with Gasteiger partial charge in [0.25, 0.3) is 0 Å². The fourth-order valence-electron chi connectivity index (χ4n) is 2.38. The Morgan fingerprint density at radius 2 is 2.05 bits per heavy atom. The molecule has 4 nitrogen and oxygen atoms in total. The zero-order chi connectivity index (χ0) is 14.5. The van der Waals surface area contributed by atoms with Crippen LogP contribution in [-0.2, 0) is 6.42 Å². The van der Waals surface area contributed by atoms with E-state index in [9.17, 15) is 0 Å². The van der Waals surface area contributed by atoms with Gasteiger partial charge in [0.15, 0.2) is 0 Å². The topological polar surface area (TPSA) is 53.6 Å². The number of pyridine rings is 1. The summed E-state index contributed by atoms with van der Waals surface area (Å²) in [7, 11) is 0. The van der Waals surface area contributed by atoms with Crippen molar-refractivity contribution in [2.24, 2.45) is 0 Å². The third-order valence-electron chi connectivity index (χ3n) is 3.42. The third kappa shape index (κ3) is 2.74. The summed E-state index contributed by atoms with van der Waals surface area (Å²) < 4.78 is 0.